The molecule has 2 unspecified atom stereocenters. The molecule has 0 saturated carbocycles. The molecule has 2 aliphatic heterocycles. The van der Waals surface area contributed by atoms with Crippen LogP contribution in [0.25, 0.3) is 0 Å². The summed E-state index contributed by atoms with van der Waals surface area (Å²) in [5.41, 5.74) is 6.90. The van der Waals surface area contributed by atoms with E-state index < -0.39 is 0 Å². The molecule has 1 fully saturated rings. The molecular formula is C13H16N2O3. The minimum absolute atomic E-state index is 0.0387. The molecule has 2 atom stereocenters. The van der Waals surface area contributed by atoms with Gasteiger partial charge in [-0.1, -0.05) is 0 Å². The fourth-order valence-corrected chi connectivity index (χ4v) is 2.30. The third-order valence-electron chi connectivity index (χ3n) is 3.34. The summed E-state index contributed by atoms with van der Waals surface area (Å²) >= 11 is 0. The van der Waals surface area contributed by atoms with Crippen molar-refractivity contribution in [2.24, 2.45) is 5.73 Å². The van der Waals surface area contributed by atoms with E-state index in [2.05, 4.69) is 5.32 Å². The Morgan fingerprint density at radius 2 is 2.39 bits per heavy atom. The van der Waals surface area contributed by atoms with E-state index in [0.29, 0.717) is 19.6 Å². The molecule has 5 nitrogen and oxygen atoms in total. The lowest BCUT2D eigenvalue weighted by molar-refractivity contribution is -0.119. The fourth-order valence-electron chi connectivity index (χ4n) is 2.30. The van der Waals surface area contributed by atoms with Gasteiger partial charge in [0.15, 0.2) is 0 Å². The highest BCUT2D eigenvalue weighted by molar-refractivity contribution is 5.78. The number of benzene rings is 1. The van der Waals surface area contributed by atoms with Crippen LogP contribution in [0.1, 0.15) is 24.4 Å². The zero-order valence-electron chi connectivity index (χ0n) is 10.0. The molecule has 1 amide bonds. The van der Waals surface area contributed by atoms with Crippen LogP contribution in [0, 0.1) is 0 Å². The van der Waals surface area contributed by atoms with Crippen molar-refractivity contribution >= 4 is 5.91 Å². The van der Waals surface area contributed by atoms with E-state index in [1.54, 1.807) is 0 Å². The number of carbonyl (C=O) groups is 1. The van der Waals surface area contributed by atoms with Crippen molar-refractivity contribution < 1.29 is 14.3 Å². The Bertz CT molecular complexity index is 475. The first kappa shape index (κ1) is 11.3. The molecule has 3 rings (SSSR count). The van der Waals surface area contributed by atoms with Crippen LogP contribution in [0.3, 0.4) is 0 Å². The number of hydrogen-bond donors (Lipinski definition) is 2. The number of ether oxygens (including phenoxy) is 2. The Morgan fingerprint density at radius 1 is 1.50 bits per heavy atom. The summed E-state index contributed by atoms with van der Waals surface area (Å²) in [6.45, 7) is 1.02. The average molecular weight is 248 g/mol. The third-order valence-corrected chi connectivity index (χ3v) is 3.34. The minimum Gasteiger partial charge on any atom is -0.491 e. The number of amides is 1. The molecule has 0 radical (unpaired) electrons. The lowest BCUT2D eigenvalue weighted by Crippen LogP contribution is -2.30. The molecule has 0 aliphatic carbocycles. The maximum atomic E-state index is 11.1. The molecule has 1 aromatic carbocycles. The smallest absolute Gasteiger partial charge is 0.220 e. The zero-order chi connectivity index (χ0) is 12.5. The lowest BCUT2D eigenvalue weighted by atomic mass is 10.1. The van der Waals surface area contributed by atoms with Crippen molar-refractivity contribution in [2.45, 2.75) is 24.9 Å². The van der Waals surface area contributed by atoms with E-state index in [0.717, 1.165) is 23.5 Å². The third kappa shape index (κ3) is 2.13. The minimum atomic E-state index is -0.0387. The Balaban J connectivity index is 1.62. The highest BCUT2D eigenvalue weighted by atomic mass is 16.5. The summed E-state index contributed by atoms with van der Waals surface area (Å²) < 4.78 is 11.1. The van der Waals surface area contributed by atoms with E-state index in [1.807, 2.05) is 18.2 Å². The topological polar surface area (TPSA) is 73.6 Å². The number of nitrogens with one attached hydrogen (secondary N) is 1. The van der Waals surface area contributed by atoms with Crippen LogP contribution in [-0.4, -0.2) is 25.2 Å². The number of carbonyl (C=O) groups excluding carboxylic acids is 1. The molecule has 0 bridgehead atoms. The van der Waals surface area contributed by atoms with E-state index in [1.165, 1.54) is 0 Å². The first-order valence-corrected chi connectivity index (χ1v) is 6.17. The zero-order valence-corrected chi connectivity index (χ0v) is 10.0. The molecule has 18 heavy (non-hydrogen) atoms. The van der Waals surface area contributed by atoms with Gasteiger partial charge in [-0.3, -0.25) is 4.79 Å². The fraction of sp³-hybridized carbons (Fsp3) is 0.462. The summed E-state index contributed by atoms with van der Waals surface area (Å²) in [6.07, 6.45) is 1.43. The molecule has 96 valence electrons. The number of hydrogen-bond acceptors (Lipinski definition) is 4. The highest BCUT2D eigenvalue weighted by Crippen LogP contribution is 2.34. The Morgan fingerprint density at radius 3 is 3.17 bits per heavy atom. The van der Waals surface area contributed by atoms with Gasteiger partial charge in [0.25, 0.3) is 0 Å². The number of nitrogens with two attached hydrogens (primary N) is 1. The summed E-state index contributed by atoms with van der Waals surface area (Å²) in [4.78, 5) is 11.1. The summed E-state index contributed by atoms with van der Waals surface area (Å²) in [6, 6.07) is 5.77. The second-order valence-corrected chi connectivity index (χ2v) is 4.73. The number of fused-ring (bicyclic) bond motifs is 1. The predicted molar refractivity (Wildman–Crippen MR) is 65.5 cm³/mol. The van der Waals surface area contributed by atoms with Crippen LogP contribution >= 0.6 is 0 Å². The van der Waals surface area contributed by atoms with Crippen molar-refractivity contribution in [3.05, 3.63) is 23.8 Å². The average Bonchev–Trinajstić information content (AvgIpc) is 2.94. The van der Waals surface area contributed by atoms with Crippen molar-refractivity contribution in [3.63, 3.8) is 0 Å². The molecular weight excluding hydrogens is 232 g/mol. The van der Waals surface area contributed by atoms with Gasteiger partial charge in [-0.25, -0.2) is 0 Å². The molecule has 5 heteroatoms. The van der Waals surface area contributed by atoms with E-state index in [4.69, 9.17) is 15.2 Å². The van der Waals surface area contributed by atoms with Gasteiger partial charge in [0.05, 0.1) is 12.1 Å². The second kappa shape index (κ2) is 4.49. The first-order valence-electron chi connectivity index (χ1n) is 6.17. The maximum Gasteiger partial charge on any atom is 0.220 e. The van der Waals surface area contributed by atoms with E-state index in [9.17, 15) is 4.79 Å². The van der Waals surface area contributed by atoms with Crippen LogP contribution in [-0.2, 0) is 4.79 Å². The Kier molecular flexibility index (Phi) is 2.83. The number of rotatable bonds is 3. The van der Waals surface area contributed by atoms with Crippen molar-refractivity contribution in [3.8, 4) is 11.5 Å². The Hall–Kier alpha value is -1.75. The largest absolute Gasteiger partial charge is 0.491 e. The van der Waals surface area contributed by atoms with Crippen molar-refractivity contribution in [1.82, 2.24) is 5.32 Å². The van der Waals surface area contributed by atoms with Crippen LogP contribution in [0.15, 0.2) is 18.2 Å². The summed E-state index contributed by atoms with van der Waals surface area (Å²) in [5.74, 6) is 1.66. The van der Waals surface area contributed by atoms with E-state index >= 15 is 0 Å². The molecule has 1 aromatic rings. The molecule has 3 N–H and O–H groups in total. The standard InChI is InChI=1S/C13H16N2O3/c14-11-7-18-12-5-9(2-3-10(11)12)17-6-8-1-4-13(16)15-8/h2-3,5,8,11H,1,4,6-7,14H2,(H,15,16). The van der Waals surface area contributed by atoms with E-state index in [-0.39, 0.29) is 18.0 Å². The monoisotopic (exact) mass is 248 g/mol. The van der Waals surface area contributed by atoms with Gasteiger partial charge in [-0.05, 0) is 18.6 Å². The van der Waals surface area contributed by atoms with Gasteiger partial charge in [0.2, 0.25) is 5.91 Å². The SMILES string of the molecule is NC1COc2cc(OCC3CCC(=O)N3)ccc21. The first-order chi connectivity index (χ1) is 8.72. The van der Waals surface area contributed by atoms with Gasteiger partial charge < -0.3 is 20.5 Å². The molecule has 2 heterocycles. The van der Waals surface area contributed by atoms with Crippen LogP contribution in [0.4, 0.5) is 0 Å². The summed E-state index contributed by atoms with van der Waals surface area (Å²) in [7, 11) is 0. The van der Waals surface area contributed by atoms with Gasteiger partial charge >= 0.3 is 0 Å². The quantitative estimate of drug-likeness (QED) is 0.827. The normalized spacial score (nSPS) is 25.5. The van der Waals surface area contributed by atoms with Gasteiger partial charge in [-0.2, -0.15) is 0 Å². The lowest BCUT2D eigenvalue weighted by Gasteiger charge is -2.12. The van der Waals surface area contributed by atoms with Crippen molar-refractivity contribution in [1.29, 1.82) is 0 Å². The molecule has 2 aliphatic rings. The van der Waals surface area contributed by atoms with Gasteiger partial charge in [0.1, 0.15) is 24.7 Å². The van der Waals surface area contributed by atoms with Crippen LogP contribution in [0.2, 0.25) is 0 Å². The Labute approximate surface area is 105 Å². The van der Waals surface area contributed by atoms with Crippen molar-refractivity contribution in [2.75, 3.05) is 13.2 Å². The maximum absolute atomic E-state index is 11.1. The van der Waals surface area contributed by atoms with Gasteiger partial charge in [0, 0.05) is 18.1 Å². The second-order valence-electron chi connectivity index (χ2n) is 4.73. The summed E-state index contributed by atoms with van der Waals surface area (Å²) in [5, 5.41) is 2.87. The van der Waals surface area contributed by atoms with Gasteiger partial charge in [-0.15, -0.1) is 0 Å². The highest BCUT2D eigenvalue weighted by Gasteiger charge is 2.23. The van der Waals surface area contributed by atoms with Crippen LogP contribution in [0.5, 0.6) is 11.5 Å². The molecule has 0 aromatic heterocycles. The molecule has 0 spiro atoms. The van der Waals surface area contributed by atoms with Crippen LogP contribution < -0.4 is 20.5 Å². The predicted octanol–water partition coefficient (Wildman–Crippen LogP) is 0.736. The molecule has 1 saturated heterocycles.